The van der Waals surface area contributed by atoms with Crippen LogP contribution in [0.1, 0.15) is 348 Å². The summed E-state index contributed by atoms with van der Waals surface area (Å²) in [5.41, 5.74) is 0. The number of hydrogen-bond donors (Lipinski definition) is 9. The SMILES string of the molecule is CC/C=C\C/C=C\C/C=C\C/C=C\C/C=C\C/C=C\CCCCCCCCCCCCC(=O)NC(COC1OC(CO)C(OC2OC(CO)C(O)C(O)C2O)C(O)C1O)C(O)CCCCCCCCCCCCCCCCCCCCCCCCCCCCCCCCCCC. The molecule has 0 aliphatic carbocycles. The summed E-state index contributed by atoms with van der Waals surface area (Å²) >= 11 is 0. The van der Waals surface area contributed by atoms with E-state index in [1.54, 1.807) is 0 Å². The first-order valence-electron chi connectivity index (χ1n) is 40.2. The van der Waals surface area contributed by atoms with E-state index in [1.165, 1.54) is 225 Å². The minimum atomic E-state index is -1.79. The second-order valence-corrected chi connectivity index (χ2v) is 28.2. The zero-order valence-corrected chi connectivity index (χ0v) is 61.4. The average Bonchev–Trinajstić information content (AvgIpc) is 0.854. The Labute approximate surface area is 587 Å². The van der Waals surface area contributed by atoms with Crippen molar-refractivity contribution < 1.29 is 64.6 Å². The number of nitrogens with one attached hydrogen (secondary N) is 1. The molecule has 0 aromatic heterocycles. The second-order valence-electron chi connectivity index (χ2n) is 28.2. The first-order chi connectivity index (χ1) is 47.1. The third-order valence-corrected chi connectivity index (χ3v) is 19.4. The molecule has 14 heteroatoms. The van der Waals surface area contributed by atoms with E-state index in [1.807, 2.05) is 0 Å². The molecule has 2 aliphatic rings. The molecule has 0 spiro atoms. The molecule has 560 valence electrons. The van der Waals surface area contributed by atoms with Gasteiger partial charge in [-0.15, -0.1) is 0 Å². The molecule has 2 aliphatic heterocycles. The van der Waals surface area contributed by atoms with Gasteiger partial charge in [0.2, 0.25) is 5.91 Å². The van der Waals surface area contributed by atoms with Crippen molar-refractivity contribution in [2.75, 3.05) is 19.8 Å². The summed E-state index contributed by atoms with van der Waals surface area (Å²) in [5, 5.41) is 87.9. The highest BCUT2D eigenvalue weighted by Crippen LogP contribution is 2.30. The van der Waals surface area contributed by atoms with E-state index >= 15 is 0 Å². The molecule has 2 rings (SSSR count). The third kappa shape index (κ3) is 48.3. The molecule has 12 atom stereocenters. The number of aliphatic hydroxyl groups is 8. The molecule has 12 unspecified atom stereocenters. The van der Waals surface area contributed by atoms with Crippen molar-refractivity contribution in [3.8, 4) is 0 Å². The van der Waals surface area contributed by atoms with Gasteiger partial charge < -0.3 is 65.1 Å². The fourth-order valence-corrected chi connectivity index (χ4v) is 13.1. The number of carbonyl (C=O) groups is 1. The van der Waals surface area contributed by atoms with Crippen molar-refractivity contribution in [1.29, 1.82) is 0 Å². The smallest absolute Gasteiger partial charge is 0.220 e. The number of amides is 1. The number of allylic oxidation sites excluding steroid dienone is 12. The van der Waals surface area contributed by atoms with E-state index in [2.05, 4.69) is 92.1 Å². The summed E-state index contributed by atoms with van der Waals surface area (Å²) in [4.78, 5) is 13.4. The zero-order chi connectivity index (χ0) is 69.4. The number of aliphatic hydroxyl groups excluding tert-OH is 8. The van der Waals surface area contributed by atoms with Gasteiger partial charge in [-0.25, -0.2) is 0 Å². The van der Waals surface area contributed by atoms with Gasteiger partial charge in [0.05, 0.1) is 32.0 Å². The number of unbranched alkanes of at least 4 members (excludes halogenated alkanes) is 42. The second kappa shape index (κ2) is 65.7. The van der Waals surface area contributed by atoms with E-state index in [0.29, 0.717) is 19.3 Å². The van der Waals surface area contributed by atoms with Crippen LogP contribution in [0.4, 0.5) is 0 Å². The van der Waals surface area contributed by atoms with Crippen LogP contribution in [0.3, 0.4) is 0 Å². The quantitative estimate of drug-likeness (QED) is 0.0204. The summed E-state index contributed by atoms with van der Waals surface area (Å²) in [6.45, 7) is 2.79. The summed E-state index contributed by atoms with van der Waals surface area (Å²) in [5.74, 6) is -0.209. The fourth-order valence-electron chi connectivity index (χ4n) is 13.1. The van der Waals surface area contributed by atoms with Crippen LogP contribution in [-0.2, 0) is 23.7 Å². The topological polar surface area (TPSA) is 228 Å². The van der Waals surface area contributed by atoms with Gasteiger partial charge in [0.1, 0.15) is 48.8 Å². The van der Waals surface area contributed by atoms with Crippen LogP contribution in [0.15, 0.2) is 72.9 Å². The normalized spacial score (nSPS) is 22.6. The van der Waals surface area contributed by atoms with Crippen LogP contribution in [0.25, 0.3) is 0 Å². The average molecular weight is 1360 g/mol. The molecule has 14 nitrogen and oxygen atoms in total. The van der Waals surface area contributed by atoms with Crippen LogP contribution >= 0.6 is 0 Å². The molecule has 0 aromatic carbocycles. The Morgan fingerprint density at radius 1 is 0.385 bits per heavy atom. The van der Waals surface area contributed by atoms with E-state index in [-0.39, 0.29) is 12.5 Å². The van der Waals surface area contributed by atoms with Crippen LogP contribution in [0.5, 0.6) is 0 Å². The largest absolute Gasteiger partial charge is 0.394 e. The Morgan fingerprint density at radius 3 is 1.10 bits per heavy atom. The molecular formula is C82H149NO13. The van der Waals surface area contributed by atoms with Gasteiger partial charge in [-0.05, 0) is 64.2 Å². The molecule has 9 N–H and O–H groups in total. The Morgan fingerprint density at radius 2 is 0.719 bits per heavy atom. The first kappa shape index (κ1) is 89.5. The standard InChI is InChI=1S/C82H149NO13/c1-3-5-7-9-11-13-15-17-19-21-23-25-27-29-31-33-34-35-36-38-39-41-43-45-47-49-51-53-55-57-59-61-63-65-71(86)70(69-93-81-79(92)77(90)80(73(68-85)95-81)96-82-78(91)76(89)75(88)72(67-84)94-82)83-74(87)66-64-62-60-58-56-54-52-50-48-46-44-42-40-37-32-30-28-26-24-22-20-18-16-14-12-10-8-6-4-2/h6,8,12,14,18,20,24,26,30,32,40,42,70-73,75-82,84-86,88-92H,3-5,7,9-11,13,15-17,19,21-23,25,27-29,31,33-39,41,43-69H2,1-2H3,(H,83,87)/b8-6-,14-12-,20-18-,26-24-,32-30-,42-40-. The van der Waals surface area contributed by atoms with Crippen LogP contribution in [0.2, 0.25) is 0 Å². The van der Waals surface area contributed by atoms with Gasteiger partial charge in [-0.2, -0.15) is 0 Å². The molecule has 0 aromatic rings. The van der Waals surface area contributed by atoms with E-state index < -0.39 is 86.8 Å². The lowest BCUT2D eigenvalue weighted by Crippen LogP contribution is -2.65. The van der Waals surface area contributed by atoms with Gasteiger partial charge in [0.15, 0.2) is 12.6 Å². The molecule has 2 heterocycles. The van der Waals surface area contributed by atoms with Crippen LogP contribution in [-0.4, -0.2) is 140 Å². The van der Waals surface area contributed by atoms with Gasteiger partial charge in [-0.3, -0.25) is 4.79 Å². The van der Waals surface area contributed by atoms with Gasteiger partial charge >= 0.3 is 0 Å². The van der Waals surface area contributed by atoms with Crippen LogP contribution < -0.4 is 5.32 Å². The predicted octanol–water partition coefficient (Wildman–Crippen LogP) is 18.1. The summed E-state index contributed by atoms with van der Waals surface area (Å²) in [7, 11) is 0. The van der Waals surface area contributed by atoms with E-state index in [0.717, 1.165) is 89.9 Å². The number of hydrogen-bond acceptors (Lipinski definition) is 13. The van der Waals surface area contributed by atoms with Crippen LogP contribution in [0, 0.1) is 0 Å². The maximum absolute atomic E-state index is 13.4. The van der Waals surface area contributed by atoms with Gasteiger partial charge in [0, 0.05) is 6.42 Å². The van der Waals surface area contributed by atoms with Crippen molar-refractivity contribution in [2.45, 2.75) is 421 Å². The highest BCUT2D eigenvalue weighted by atomic mass is 16.7. The Bertz CT molecular complexity index is 1890. The highest BCUT2D eigenvalue weighted by Gasteiger charge is 2.51. The first-order valence-corrected chi connectivity index (χ1v) is 40.2. The van der Waals surface area contributed by atoms with Crippen molar-refractivity contribution in [1.82, 2.24) is 5.32 Å². The van der Waals surface area contributed by atoms with Crippen molar-refractivity contribution >= 4 is 5.91 Å². The minimum absolute atomic E-state index is 0.209. The zero-order valence-electron chi connectivity index (χ0n) is 61.4. The Hall–Kier alpha value is -2.57. The maximum atomic E-state index is 13.4. The third-order valence-electron chi connectivity index (χ3n) is 19.4. The molecule has 96 heavy (non-hydrogen) atoms. The molecular weight excluding hydrogens is 1210 g/mol. The lowest BCUT2D eigenvalue weighted by Gasteiger charge is -2.46. The predicted molar refractivity (Wildman–Crippen MR) is 397 cm³/mol. The Kier molecular flexibility index (Phi) is 61.3. The molecule has 2 saturated heterocycles. The summed E-state index contributed by atoms with van der Waals surface area (Å²) in [6, 6.07) is -0.838. The molecule has 0 saturated carbocycles. The number of ether oxygens (including phenoxy) is 4. The number of carbonyl (C=O) groups excluding carboxylic acids is 1. The fraction of sp³-hybridized carbons (Fsp3) is 0.841. The minimum Gasteiger partial charge on any atom is -0.394 e. The van der Waals surface area contributed by atoms with Gasteiger partial charge in [-0.1, -0.05) is 350 Å². The Balaban J connectivity index is 1.61. The molecule has 2 fully saturated rings. The monoisotopic (exact) mass is 1360 g/mol. The maximum Gasteiger partial charge on any atom is 0.220 e. The van der Waals surface area contributed by atoms with Gasteiger partial charge in [0.25, 0.3) is 0 Å². The van der Waals surface area contributed by atoms with Crippen molar-refractivity contribution in [2.24, 2.45) is 0 Å². The number of rotatable bonds is 67. The lowest BCUT2D eigenvalue weighted by molar-refractivity contribution is -0.359. The lowest BCUT2D eigenvalue weighted by atomic mass is 9.97. The van der Waals surface area contributed by atoms with Crippen molar-refractivity contribution in [3.05, 3.63) is 72.9 Å². The molecule has 0 radical (unpaired) electrons. The van der Waals surface area contributed by atoms with Crippen molar-refractivity contribution in [3.63, 3.8) is 0 Å². The van der Waals surface area contributed by atoms with E-state index in [4.69, 9.17) is 18.9 Å². The molecule has 0 bridgehead atoms. The summed E-state index contributed by atoms with van der Waals surface area (Å²) < 4.78 is 23.0. The highest BCUT2D eigenvalue weighted by molar-refractivity contribution is 5.76. The van der Waals surface area contributed by atoms with E-state index in [9.17, 15) is 45.6 Å². The molecule has 1 amide bonds. The summed E-state index contributed by atoms with van der Waals surface area (Å²) in [6.07, 6.45) is 73.7.